The number of phenols is 1. The molecule has 158 valence electrons. The average molecular weight is 414 g/mol. The molecule has 2 N–H and O–H groups in total. The van der Waals surface area contributed by atoms with Gasteiger partial charge >= 0.3 is 0 Å². The van der Waals surface area contributed by atoms with E-state index < -0.39 is 0 Å². The van der Waals surface area contributed by atoms with Gasteiger partial charge in [0.15, 0.2) is 0 Å². The highest BCUT2D eigenvalue weighted by Gasteiger charge is 2.26. The number of hydrogen-bond acceptors (Lipinski definition) is 6. The van der Waals surface area contributed by atoms with E-state index in [4.69, 9.17) is 9.97 Å². The molecular weight excluding hydrogens is 386 g/mol. The minimum atomic E-state index is 0.113. The van der Waals surface area contributed by atoms with Gasteiger partial charge in [0.1, 0.15) is 11.6 Å². The van der Waals surface area contributed by atoms with Crippen molar-refractivity contribution in [3.05, 3.63) is 54.9 Å². The van der Waals surface area contributed by atoms with Crippen molar-refractivity contribution in [3.8, 4) is 17.0 Å². The smallest absolute Gasteiger partial charge is 0.129 e. The minimum Gasteiger partial charge on any atom is -0.507 e. The van der Waals surface area contributed by atoms with E-state index in [2.05, 4.69) is 36.0 Å². The number of aromatic hydroxyl groups is 1. The van der Waals surface area contributed by atoms with Crippen molar-refractivity contribution in [3.63, 3.8) is 0 Å². The fraction of sp³-hybridized carbons (Fsp3) is 0.320. The molecule has 1 unspecified atom stereocenters. The van der Waals surface area contributed by atoms with Crippen LogP contribution in [0.4, 0.5) is 5.82 Å². The highest BCUT2D eigenvalue weighted by atomic mass is 16.3. The third kappa shape index (κ3) is 4.03. The number of aromatic nitrogens is 3. The molecule has 4 heterocycles. The first-order chi connectivity index (χ1) is 14.9. The molecule has 0 radical (unpaired) electrons. The third-order valence-electron chi connectivity index (χ3n) is 5.71. The molecule has 31 heavy (non-hydrogen) atoms. The molecule has 0 aliphatic carbocycles. The Morgan fingerprint density at radius 2 is 1.81 bits per heavy atom. The van der Waals surface area contributed by atoms with Crippen LogP contribution in [0.5, 0.6) is 5.75 Å². The molecule has 6 heteroatoms. The lowest BCUT2D eigenvalue weighted by atomic mass is 10.0. The van der Waals surface area contributed by atoms with E-state index in [1.54, 1.807) is 18.5 Å². The maximum atomic E-state index is 10.5. The van der Waals surface area contributed by atoms with Crippen molar-refractivity contribution in [2.45, 2.75) is 38.8 Å². The average Bonchev–Trinajstić information content (AvgIpc) is 3.19. The summed E-state index contributed by atoms with van der Waals surface area (Å²) in [5, 5.41) is 16.1. The van der Waals surface area contributed by atoms with E-state index >= 15 is 0 Å². The molecule has 1 saturated heterocycles. The van der Waals surface area contributed by atoms with Gasteiger partial charge in [-0.15, -0.1) is 0 Å². The molecule has 0 amide bonds. The first-order valence-electron chi connectivity index (χ1n) is 10.7. The van der Waals surface area contributed by atoms with Crippen LogP contribution in [0, 0.1) is 0 Å². The van der Waals surface area contributed by atoms with Crippen LogP contribution in [0.2, 0.25) is 0 Å². The van der Waals surface area contributed by atoms with Crippen LogP contribution in [-0.2, 0) is 0 Å². The largest absolute Gasteiger partial charge is 0.507 e. The normalized spacial score (nSPS) is 17.0. The SMILES string of the molecule is CC(C)(C)NC1CCN(c2ccc3nc(-c4cc5cnccc5cc4O)ccc3n2)C1. The van der Waals surface area contributed by atoms with Gasteiger partial charge in [-0.2, -0.15) is 0 Å². The molecule has 1 aliphatic heterocycles. The number of fused-ring (bicyclic) bond motifs is 2. The van der Waals surface area contributed by atoms with Crippen molar-refractivity contribution >= 4 is 27.6 Å². The Morgan fingerprint density at radius 1 is 1.00 bits per heavy atom. The standard InChI is InChI=1S/C25H27N5O/c1-25(2,3)29-18-9-11-30(15-18)24-7-6-21-22(28-24)5-4-20(27-21)19-12-17-14-26-10-8-16(17)13-23(19)31/h4-8,10,12-14,18,29,31H,9,11,15H2,1-3H3. The zero-order valence-electron chi connectivity index (χ0n) is 18.1. The Morgan fingerprint density at radius 3 is 2.65 bits per heavy atom. The second kappa shape index (κ2) is 7.46. The summed E-state index contributed by atoms with van der Waals surface area (Å²) in [7, 11) is 0. The van der Waals surface area contributed by atoms with Crippen LogP contribution in [0.3, 0.4) is 0 Å². The van der Waals surface area contributed by atoms with Gasteiger partial charge in [-0.25, -0.2) is 9.97 Å². The zero-order chi connectivity index (χ0) is 21.6. The molecule has 4 aromatic rings. The summed E-state index contributed by atoms with van der Waals surface area (Å²) < 4.78 is 0. The van der Waals surface area contributed by atoms with Gasteiger partial charge < -0.3 is 15.3 Å². The summed E-state index contributed by atoms with van der Waals surface area (Å²) >= 11 is 0. The lowest BCUT2D eigenvalue weighted by Crippen LogP contribution is -2.44. The van der Waals surface area contributed by atoms with Gasteiger partial charge in [0, 0.05) is 48.0 Å². The molecule has 1 aromatic carbocycles. The summed E-state index contributed by atoms with van der Waals surface area (Å²) in [5.41, 5.74) is 3.20. The summed E-state index contributed by atoms with van der Waals surface area (Å²) in [6.45, 7) is 8.57. The number of anilines is 1. The maximum Gasteiger partial charge on any atom is 0.129 e. The van der Waals surface area contributed by atoms with E-state index in [-0.39, 0.29) is 11.3 Å². The number of phenolic OH excluding ortho intramolecular Hbond substituents is 1. The van der Waals surface area contributed by atoms with Gasteiger partial charge in [-0.05, 0) is 75.0 Å². The van der Waals surface area contributed by atoms with E-state index in [0.29, 0.717) is 11.6 Å². The summed E-state index contributed by atoms with van der Waals surface area (Å²) in [6, 6.07) is 14.0. The van der Waals surface area contributed by atoms with Crippen LogP contribution >= 0.6 is 0 Å². The van der Waals surface area contributed by atoms with E-state index in [9.17, 15) is 5.11 Å². The van der Waals surface area contributed by atoms with Gasteiger partial charge in [-0.3, -0.25) is 4.98 Å². The van der Waals surface area contributed by atoms with Gasteiger partial charge in [0.05, 0.1) is 16.7 Å². The van der Waals surface area contributed by atoms with Crippen molar-refractivity contribution < 1.29 is 5.11 Å². The minimum absolute atomic E-state index is 0.113. The summed E-state index contributed by atoms with van der Waals surface area (Å²) in [6.07, 6.45) is 4.63. The Balaban J connectivity index is 1.43. The lowest BCUT2D eigenvalue weighted by Gasteiger charge is -2.26. The molecule has 6 nitrogen and oxygen atoms in total. The van der Waals surface area contributed by atoms with Crippen molar-refractivity contribution in [2.24, 2.45) is 0 Å². The van der Waals surface area contributed by atoms with Crippen LogP contribution in [-0.4, -0.2) is 44.7 Å². The number of pyridine rings is 3. The molecule has 1 fully saturated rings. The van der Waals surface area contributed by atoms with E-state index in [1.807, 2.05) is 36.4 Å². The van der Waals surface area contributed by atoms with E-state index in [0.717, 1.165) is 52.8 Å². The summed E-state index contributed by atoms with van der Waals surface area (Å²) in [5.74, 6) is 1.20. The number of hydrogen-bond donors (Lipinski definition) is 2. The van der Waals surface area contributed by atoms with Gasteiger partial charge in [0.2, 0.25) is 0 Å². The molecule has 1 atom stereocenters. The first kappa shape index (κ1) is 19.7. The molecule has 0 bridgehead atoms. The van der Waals surface area contributed by atoms with Crippen molar-refractivity contribution in [2.75, 3.05) is 18.0 Å². The second-order valence-electron chi connectivity index (χ2n) is 9.32. The predicted octanol–water partition coefficient (Wildman–Crippen LogP) is 4.52. The Kier molecular flexibility index (Phi) is 4.74. The summed E-state index contributed by atoms with van der Waals surface area (Å²) in [4.78, 5) is 16.1. The molecule has 0 saturated carbocycles. The maximum absolute atomic E-state index is 10.5. The number of nitrogens with one attached hydrogen (secondary N) is 1. The Bertz CT molecular complexity index is 1260. The van der Waals surface area contributed by atoms with Crippen LogP contribution in [0.1, 0.15) is 27.2 Å². The first-order valence-corrected chi connectivity index (χ1v) is 10.7. The Hall–Kier alpha value is -3.25. The quantitative estimate of drug-likeness (QED) is 0.515. The number of rotatable bonds is 3. The predicted molar refractivity (Wildman–Crippen MR) is 125 cm³/mol. The van der Waals surface area contributed by atoms with Gasteiger partial charge in [-0.1, -0.05) is 0 Å². The molecule has 3 aromatic heterocycles. The Labute approximate surface area is 182 Å². The lowest BCUT2D eigenvalue weighted by molar-refractivity contribution is 0.373. The zero-order valence-corrected chi connectivity index (χ0v) is 18.1. The van der Waals surface area contributed by atoms with Crippen LogP contribution in [0.15, 0.2) is 54.9 Å². The molecule has 0 spiro atoms. The number of benzene rings is 1. The monoisotopic (exact) mass is 413 g/mol. The fourth-order valence-corrected chi connectivity index (χ4v) is 4.35. The topological polar surface area (TPSA) is 74.2 Å². The van der Waals surface area contributed by atoms with Gasteiger partial charge in [0.25, 0.3) is 0 Å². The van der Waals surface area contributed by atoms with Crippen molar-refractivity contribution in [1.82, 2.24) is 20.3 Å². The molecule has 1 aliphatic rings. The number of nitrogens with zero attached hydrogens (tertiary/aromatic N) is 4. The highest BCUT2D eigenvalue weighted by molar-refractivity contribution is 5.90. The van der Waals surface area contributed by atoms with Crippen molar-refractivity contribution in [1.29, 1.82) is 0 Å². The second-order valence-corrected chi connectivity index (χ2v) is 9.32. The molecule has 5 rings (SSSR count). The van der Waals surface area contributed by atoms with E-state index in [1.165, 1.54) is 0 Å². The molecular formula is C25H27N5O. The fourth-order valence-electron chi connectivity index (χ4n) is 4.35. The van der Waals surface area contributed by atoms with Crippen LogP contribution < -0.4 is 10.2 Å². The highest BCUT2D eigenvalue weighted by Crippen LogP contribution is 2.33. The van der Waals surface area contributed by atoms with Crippen LogP contribution in [0.25, 0.3) is 33.1 Å². The third-order valence-corrected chi connectivity index (χ3v) is 5.71.